The quantitative estimate of drug-likeness (QED) is 0.285. The number of amides is 1. The first-order valence-electron chi connectivity index (χ1n) is 13.6. The normalized spacial score (nSPS) is 45.3. The molecule has 13 atom stereocenters. The summed E-state index contributed by atoms with van der Waals surface area (Å²) in [5, 5.41) is 45.5. The zero-order chi connectivity index (χ0) is 27.7. The van der Waals surface area contributed by atoms with Crippen molar-refractivity contribution in [3.8, 4) is 0 Å². The van der Waals surface area contributed by atoms with Crippen molar-refractivity contribution in [2.75, 3.05) is 6.61 Å². The first-order chi connectivity index (χ1) is 17.3. The summed E-state index contributed by atoms with van der Waals surface area (Å²) in [5.74, 6) is -0.237. The number of carbonyl (C=O) groups excluding carboxylic acids is 1. The molecule has 1 saturated carbocycles. The second-order valence-corrected chi connectivity index (χ2v) is 12.1. The van der Waals surface area contributed by atoms with Crippen LogP contribution in [0.15, 0.2) is 0 Å². The summed E-state index contributed by atoms with van der Waals surface area (Å²) in [6.07, 6.45) is -4.75. The minimum atomic E-state index is -1.49. The Morgan fingerprint density at radius 1 is 1.05 bits per heavy atom. The van der Waals surface area contributed by atoms with Crippen molar-refractivity contribution >= 4 is 6.09 Å². The minimum absolute atomic E-state index is 0.0875. The maximum absolute atomic E-state index is 12.4. The van der Waals surface area contributed by atoms with Crippen molar-refractivity contribution in [2.45, 2.75) is 134 Å². The summed E-state index contributed by atoms with van der Waals surface area (Å²) in [7, 11) is 0. The predicted molar refractivity (Wildman–Crippen MR) is 134 cm³/mol. The molecule has 1 aliphatic carbocycles. The number of carbonyl (C=O) groups is 1. The molecule has 0 radical (unpaired) electrons. The van der Waals surface area contributed by atoms with E-state index in [1.807, 2.05) is 6.92 Å². The third-order valence-corrected chi connectivity index (χ3v) is 7.98. The summed E-state index contributed by atoms with van der Waals surface area (Å²) in [5.41, 5.74) is 5.66. The fraction of sp³-hybridized carbons (Fsp3) is 0.962. The third-order valence-electron chi connectivity index (χ3n) is 7.98. The molecular formula is C26H48N2O9. The van der Waals surface area contributed by atoms with Gasteiger partial charge in [-0.1, -0.05) is 20.8 Å². The lowest BCUT2D eigenvalue weighted by Gasteiger charge is -2.50. The highest BCUT2D eigenvalue weighted by Crippen LogP contribution is 2.42. The monoisotopic (exact) mass is 532 g/mol. The number of hydrogen-bond donors (Lipinski definition) is 6. The van der Waals surface area contributed by atoms with Crippen LogP contribution in [0.4, 0.5) is 4.79 Å². The number of nitrogens with two attached hydrogens (primary N) is 1. The van der Waals surface area contributed by atoms with Gasteiger partial charge in [0.2, 0.25) is 0 Å². The van der Waals surface area contributed by atoms with E-state index in [4.69, 9.17) is 24.7 Å². The maximum atomic E-state index is 12.4. The first-order valence-corrected chi connectivity index (χ1v) is 13.6. The number of aliphatic hydroxyl groups excluding tert-OH is 4. The molecule has 7 N–H and O–H groups in total. The van der Waals surface area contributed by atoms with Gasteiger partial charge in [0.25, 0.3) is 0 Å². The molecule has 0 spiro atoms. The van der Waals surface area contributed by atoms with Crippen molar-refractivity contribution < 1.29 is 44.2 Å². The van der Waals surface area contributed by atoms with Crippen LogP contribution in [-0.2, 0) is 18.9 Å². The van der Waals surface area contributed by atoms with Gasteiger partial charge in [-0.05, 0) is 58.3 Å². The van der Waals surface area contributed by atoms with Gasteiger partial charge in [-0.2, -0.15) is 0 Å². The Bertz CT molecular complexity index is 750. The molecule has 3 fully saturated rings. The van der Waals surface area contributed by atoms with Crippen LogP contribution in [0.2, 0.25) is 0 Å². The molecule has 0 bridgehead atoms. The SMILES string of the molecule is CCC1CCC(N)C(C2C(C)CC(C)C(OC3OC(CO)C(O)C(NC(=O)OC(C)(C)C)C3O)C2O)O1. The highest BCUT2D eigenvalue weighted by atomic mass is 16.7. The minimum Gasteiger partial charge on any atom is -0.444 e. The summed E-state index contributed by atoms with van der Waals surface area (Å²) >= 11 is 0. The Labute approximate surface area is 220 Å². The van der Waals surface area contributed by atoms with E-state index in [0.29, 0.717) is 0 Å². The van der Waals surface area contributed by atoms with Gasteiger partial charge in [-0.15, -0.1) is 0 Å². The van der Waals surface area contributed by atoms with Gasteiger partial charge in [0.05, 0.1) is 37.1 Å². The lowest BCUT2D eigenvalue weighted by Crippen LogP contribution is -2.66. The molecule has 0 aromatic heterocycles. The number of nitrogens with one attached hydrogen (secondary N) is 1. The molecule has 0 aromatic carbocycles. The molecular weight excluding hydrogens is 484 g/mol. The van der Waals surface area contributed by atoms with E-state index in [1.54, 1.807) is 20.8 Å². The summed E-state index contributed by atoms with van der Waals surface area (Å²) in [4.78, 5) is 12.4. The number of aliphatic hydroxyl groups is 4. The molecule has 37 heavy (non-hydrogen) atoms. The van der Waals surface area contributed by atoms with Gasteiger partial charge in [0.15, 0.2) is 6.29 Å². The van der Waals surface area contributed by atoms with Crippen LogP contribution in [-0.4, -0.2) is 99.8 Å². The van der Waals surface area contributed by atoms with Crippen LogP contribution in [0.25, 0.3) is 0 Å². The average Bonchev–Trinajstić information content (AvgIpc) is 2.80. The lowest BCUT2D eigenvalue weighted by atomic mass is 9.67. The highest BCUT2D eigenvalue weighted by molar-refractivity contribution is 5.68. The number of alkyl carbamates (subject to hydrolysis) is 1. The van der Waals surface area contributed by atoms with Gasteiger partial charge in [0, 0.05) is 12.0 Å². The van der Waals surface area contributed by atoms with Crippen LogP contribution in [0.3, 0.4) is 0 Å². The molecule has 0 aromatic rings. The molecule has 11 nitrogen and oxygen atoms in total. The van der Waals surface area contributed by atoms with Crippen LogP contribution in [0, 0.1) is 17.8 Å². The first kappa shape index (κ1) is 30.5. The molecule has 2 aliphatic heterocycles. The molecule has 2 heterocycles. The maximum Gasteiger partial charge on any atom is 0.408 e. The standard InChI is InChI=1S/C26H48N2O9/c1-7-14-8-9-15(27)23(34-14)17-12(2)10-13(3)22(20(17)31)36-24-21(32)18(19(30)16(11-29)35-24)28-25(33)37-26(4,5)6/h12-24,29-32H,7-11,27H2,1-6H3,(H,28,33). The molecule has 3 aliphatic rings. The molecule has 3 rings (SSSR count). The van der Waals surface area contributed by atoms with E-state index >= 15 is 0 Å². The van der Waals surface area contributed by atoms with Gasteiger partial charge in [0.1, 0.15) is 23.9 Å². The Morgan fingerprint density at radius 2 is 1.73 bits per heavy atom. The van der Waals surface area contributed by atoms with E-state index in [0.717, 1.165) is 25.7 Å². The predicted octanol–water partition coefficient (Wildman–Crippen LogP) is 0.642. The van der Waals surface area contributed by atoms with Crippen molar-refractivity contribution in [1.82, 2.24) is 5.32 Å². The largest absolute Gasteiger partial charge is 0.444 e. The highest BCUT2D eigenvalue weighted by Gasteiger charge is 2.52. The van der Waals surface area contributed by atoms with Gasteiger partial charge in [-0.3, -0.25) is 0 Å². The van der Waals surface area contributed by atoms with E-state index in [1.165, 1.54) is 0 Å². The second-order valence-electron chi connectivity index (χ2n) is 12.1. The molecule has 2 saturated heterocycles. The van der Waals surface area contributed by atoms with Crippen LogP contribution in [0.1, 0.15) is 67.2 Å². The fourth-order valence-electron chi connectivity index (χ4n) is 6.08. The smallest absolute Gasteiger partial charge is 0.408 e. The molecule has 216 valence electrons. The number of ether oxygens (including phenoxy) is 4. The number of hydrogen-bond acceptors (Lipinski definition) is 10. The van der Waals surface area contributed by atoms with E-state index in [2.05, 4.69) is 19.2 Å². The second kappa shape index (κ2) is 12.4. The van der Waals surface area contributed by atoms with Crippen LogP contribution >= 0.6 is 0 Å². The zero-order valence-corrected chi connectivity index (χ0v) is 22.9. The van der Waals surface area contributed by atoms with Crippen LogP contribution in [0.5, 0.6) is 0 Å². The van der Waals surface area contributed by atoms with Gasteiger partial charge < -0.3 is 50.4 Å². The Kier molecular flexibility index (Phi) is 10.2. The Morgan fingerprint density at radius 3 is 2.32 bits per heavy atom. The van der Waals surface area contributed by atoms with Crippen molar-refractivity contribution in [3.63, 3.8) is 0 Å². The summed E-state index contributed by atoms with van der Waals surface area (Å²) in [6.45, 7) is 10.6. The molecule has 1 amide bonds. The topological polar surface area (TPSA) is 173 Å². The van der Waals surface area contributed by atoms with E-state index in [9.17, 15) is 25.2 Å². The summed E-state index contributed by atoms with van der Waals surface area (Å²) in [6, 6.07) is -1.43. The van der Waals surface area contributed by atoms with Gasteiger partial charge >= 0.3 is 6.09 Å². The fourth-order valence-corrected chi connectivity index (χ4v) is 6.08. The molecule has 13 unspecified atom stereocenters. The van der Waals surface area contributed by atoms with Crippen LogP contribution < -0.4 is 11.1 Å². The summed E-state index contributed by atoms with van der Waals surface area (Å²) < 4.78 is 23.5. The number of rotatable bonds is 6. The molecule has 11 heteroatoms. The average molecular weight is 533 g/mol. The third kappa shape index (κ3) is 7.13. The Balaban J connectivity index is 1.77. The van der Waals surface area contributed by atoms with Crippen molar-refractivity contribution in [2.24, 2.45) is 23.5 Å². The van der Waals surface area contributed by atoms with E-state index < -0.39 is 61.2 Å². The Hall–Kier alpha value is -1.05. The van der Waals surface area contributed by atoms with Gasteiger partial charge in [-0.25, -0.2) is 4.79 Å². The van der Waals surface area contributed by atoms with Crippen molar-refractivity contribution in [3.05, 3.63) is 0 Å². The van der Waals surface area contributed by atoms with Crippen molar-refractivity contribution in [1.29, 1.82) is 0 Å². The zero-order valence-electron chi connectivity index (χ0n) is 22.9. The lowest BCUT2D eigenvalue weighted by molar-refractivity contribution is -0.312. The van der Waals surface area contributed by atoms with E-state index in [-0.39, 0.29) is 36.0 Å².